The van der Waals surface area contributed by atoms with Crippen LogP contribution in [0.2, 0.25) is 0 Å². The number of thioether (sulfide) groups is 1. The molecule has 0 saturated carbocycles. The Balaban J connectivity index is 1.81. The lowest BCUT2D eigenvalue weighted by atomic mass is 10.2. The second-order valence-corrected chi connectivity index (χ2v) is 5.65. The third-order valence-corrected chi connectivity index (χ3v) is 3.69. The van der Waals surface area contributed by atoms with Crippen molar-refractivity contribution in [2.24, 2.45) is 5.10 Å². The third kappa shape index (κ3) is 4.90. The van der Waals surface area contributed by atoms with Gasteiger partial charge in [-0.3, -0.25) is 4.79 Å². The van der Waals surface area contributed by atoms with Gasteiger partial charge < -0.3 is 4.42 Å². The van der Waals surface area contributed by atoms with Gasteiger partial charge in [-0.25, -0.2) is 10.4 Å². The van der Waals surface area contributed by atoms with Crippen LogP contribution in [0.5, 0.6) is 0 Å². The van der Waals surface area contributed by atoms with Gasteiger partial charge in [0.1, 0.15) is 5.52 Å². The fourth-order valence-electron chi connectivity index (χ4n) is 1.72. The van der Waals surface area contributed by atoms with Crippen molar-refractivity contribution in [2.45, 2.75) is 38.3 Å². The van der Waals surface area contributed by atoms with E-state index in [-0.39, 0.29) is 11.7 Å². The summed E-state index contributed by atoms with van der Waals surface area (Å²) in [6.07, 6.45) is 3.12. The molecule has 2 aromatic rings. The van der Waals surface area contributed by atoms with Crippen LogP contribution in [0.3, 0.4) is 0 Å². The zero-order valence-corrected chi connectivity index (χ0v) is 13.1. The molecule has 0 aliphatic carbocycles. The van der Waals surface area contributed by atoms with Crippen molar-refractivity contribution in [3.63, 3.8) is 0 Å². The normalized spacial score (nSPS) is 11.8. The summed E-state index contributed by atoms with van der Waals surface area (Å²) in [4.78, 5) is 16.0. The first-order valence-electron chi connectivity index (χ1n) is 6.99. The molecule has 0 atom stereocenters. The van der Waals surface area contributed by atoms with E-state index in [2.05, 4.69) is 22.4 Å². The standard InChI is InChI=1S/C15H19N3O2S/c1-3-4-7-11(2)17-18-14(19)10-21-15-16-12-8-5-6-9-13(12)20-15/h5-6,8-9H,3-4,7,10H2,1-2H3,(H,18,19). The molecule has 112 valence electrons. The van der Waals surface area contributed by atoms with E-state index in [0.717, 1.165) is 36.1 Å². The fraction of sp³-hybridized carbons (Fsp3) is 0.400. The highest BCUT2D eigenvalue weighted by molar-refractivity contribution is 7.99. The summed E-state index contributed by atoms with van der Waals surface area (Å²) in [6.45, 7) is 4.05. The smallest absolute Gasteiger partial charge is 0.257 e. The lowest BCUT2D eigenvalue weighted by Gasteiger charge is -2.00. The van der Waals surface area contributed by atoms with Gasteiger partial charge in [0.25, 0.3) is 11.1 Å². The Bertz CT molecular complexity index is 604. The summed E-state index contributed by atoms with van der Waals surface area (Å²) in [6, 6.07) is 7.53. The zero-order chi connectivity index (χ0) is 15.1. The van der Waals surface area contributed by atoms with Crippen molar-refractivity contribution in [1.82, 2.24) is 10.4 Å². The summed E-state index contributed by atoms with van der Waals surface area (Å²) < 4.78 is 5.53. The second kappa shape index (κ2) is 7.83. The number of benzene rings is 1. The number of nitrogens with one attached hydrogen (secondary N) is 1. The molecule has 1 N–H and O–H groups in total. The highest BCUT2D eigenvalue weighted by Gasteiger charge is 2.08. The molecule has 0 radical (unpaired) electrons. The first kappa shape index (κ1) is 15.6. The van der Waals surface area contributed by atoms with Crippen LogP contribution in [-0.2, 0) is 4.79 Å². The molecule has 0 fully saturated rings. The Hall–Kier alpha value is -1.82. The summed E-state index contributed by atoms with van der Waals surface area (Å²) in [5, 5.41) is 4.57. The van der Waals surface area contributed by atoms with Crippen molar-refractivity contribution in [3.05, 3.63) is 24.3 Å². The minimum atomic E-state index is -0.155. The largest absolute Gasteiger partial charge is 0.431 e. The second-order valence-electron chi connectivity index (χ2n) is 4.72. The molecule has 6 heteroatoms. The van der Waals surface area contributed by atoms with Gasteiger partial charge in [-0.1, -0.05) is 37.2 Å². The molecule has 1 amide bonds. The number of hydrogen-bond donors (Lipinski definition) is 1. The number of rotatable bonds is 7. The maximum atomic E-state index is 11.7. The van der Waals surface area contributed by atoms with E-state index in [9.17, 15) is 4.79 Å². The molecule has 0 aliphatic rings. The highest BCUT2D eigenvalue weighted by atomic mass is 32.2. The molecule has 5 nitrogen and oxygen atoms in total. The van der Waals surface area contributed by atoms with Gasteiger partial charge in [0, 0.05) is 5.71 Å². The van der Waals surface area contributed by atoms with Gasteiger partial charge in [0.15, 0.2) is 5.58 Å². The summed E-state index contributed by atoms with van der Waals surface area (Å²) >= 11 is 1.26. The maximum absolute atomic E-state index is 11.7. The van der Waals surface area contributed by atoms with E-state index in [4.69, 9.17) is 4.42 Å². The topological polar surface area (TPSA) is 67.5 Å². The monoisotopic (exact) mass is 305 g/mol. The molecule has 0 spiro atoms. The number of hydrazone groups is 1. The number of para-hydroxylation sites is 2. The SMILES string of the molecule is CCCCC(C)=NNC(=O)CSc1nc2ccccc2o1. The van der Waals surface area contributed by atoms with Crippen LogP contribution in [0.4, 0.5) is 0 Å². The van der Waals surface area contributed by atoms with Crippen molar-refractivity contribution in [3.8, 4) is 0 Å². The molecule has 1 aromatic heterocycles. The van der Waals surface area contributed by atoms with E-state index < -0.39 is 0 Å². The number of aromatic nitrogens is 1. The Morgan fingerprint density at radius 2 is 2.24 bits per heavy atom. The van der Waals surface area contributed by atoms with Crippen LogP contribution >= 0.6 is 11.8 Å². The zero-order valence-electron chi connectivity index (χ0n) is 12.3. The minimum Gasteiger partial charge on any atom is -0.431 e. The molecule has 0 bridgehead atoms. The fourth-order valence-corrected chi connectivity index (χ4v) is 2.35. The first-order chi connectivity index (χ1) is 10.2. The number of fused-ring (bicyclic) bond motifs is 1. The average molecular weight is 305 g/mol. The van der Waals surface area contributed by atoms with Gasteiger partial charge >= 0.3 is 0 Å². The van der Waals surface area contributed by atoms with E-state index in [1.54, 1.807) is 0 Å². The van der Waals surface area contributed by atoms with Crippen LogP contribution in [-0.4, -0.2) is 22.4 Å². The van der Waals surface area contributed by atoms with Crippen LogP contribution in [0.15, 0.2) is 39.0 Å². The molecule has 1 heterocycles. The molecule has 2 rings (SSSR count). The number of carbonyl (C=O) groups excluding carboxylic acids is 1. The number of oxazole rings is 1. The lowest BCUT2D eigenvalue weighted by molar-refractivity contribution is -0.118. The van der Waals surface area contributed by atoms with Gasteiger partial charge in [-0.2, -0.15) is 5.10 Å². The van der Waals surface area contributed by atoms with Gasteiger partial charge in [0.2, 0.25) is 0 Å². The number of unbranched alkanes of at least 4 members (excludes halogenated alkanes) is 1. The van der Waals surface area contributed by atoms with E-state index in [1.807, 2.05) is 31.2 Å². The predicted molar refractivity (Wildman–Crippen MR) is 85.5 cm³/mol. The number of carbonyl (C=O) groups is 1. The predicted octanol–water partition coefficient (Wildman–Crippen LogP) is 3.60. The molecule has 0 unspecified atom stereocenters. The first-order valence-corrected chi connectivity index (χ1v) is 7.98. The highest BCUT2D eigenvalue weighted by Crippen LogP contribution is 2.22. The molecule has 21 heavy (non-hydrogen) atoms. The maximum Gasteiger partial charge on any atom is 0.257 e. The molecule has 0 aliphatic heterocycles. The summed E-state index contributed by atoms with van der Waals surface area (Å²) in [5.74, 6) is 0.0790. The van der Waals surface area contributed by atoms with E-state index in [0.29, 0.717) is 5.22 Å². The lowest BCUT2D eigenvalue weighted by Crippen LogP contribution is -2.20. The van der Waals surface area contributed by atoms with Gasteiger partial charge in [-0.05, 0) is 31.9 Å². The Morgan fingerprint density at radius 1 is 1.43 bits per heavy atom. The average Bonchev–Trinajstić information content (AvgIpc) is 2.91. The van der Waals surface area contributed by atoms with E-state index in [1.165, 1.54) is 11.8 Å². The third-order valence-electron chi connectivity index (χ3n) is 2.86. The van der Waals surface area contributed by atoms with Crippen LogP contribution < -0.4 is 5.43 Å². The quantitative estimate of drug-likeness (QED) is 0.482. The van der Waals surface area contributed by atoms with Crippen molar-refractivity contribution in [2.75, 3.05) is 5.75 Å². The molecular weight excluding hydrogens is 286 g/mol. The van der Waals surface area contributed by atoms with Gasteiger partial charge in [0.05, 0.1) is 5.75 Å². The van der Waals surface area contributed by atoms with Crippen LogP contribution in [0, 0.1) is 0 Å². The molecular formula is C15H19N3O2S. The molecule has 1 aromatic carbocycles. The van der Waals surface area contributed by atoms with Crippen molar-refractivity contribution >= 4 is 34.5 Å². The minimum absolute atomic E-state index is 0.155. The van der Waals surface area contributed by atoms with Crippen molar-refractivity contribution < 1.29 is 9.21 Å². The number of nitrogens with zero attached hydrogens (tertiary/aromatic N) is 2. The van der Waals surface area contributed by atoms with Crippen LogP contribution in [0.1, 0.15) is 33.1 Å². The Labute approximate surface area is 128 Å². The number of amides is 1. The van der Waals surface area contributed by atoms with E-state index >= 15 is 0 Å². The molecule has 0 saturated heterocycles. The summed E-state index contributed by atoms with van der Waals surface area (Å²) in [7, 11) is 0. The summed E-state index contributed by atoms with van der Waals surface area (Å²) in [5.41, 5.74) is 5.03. The Morgan fingerprint density at radius 3 is 3.00 bits per heavy atom. The Kier molecular flexibility index (Phi) is 5.80. The van der Waals surface area contributed by atoms with Crippen molar-refractivity contribution in [1.29, 1.82) is 0 Å². The van der Waals surface area contributed by atoms with Crippen LogP contribution in [0.25, 0.3) is 11.1 Å². The number of hydrogen-bond acceptors (Lipinski definition) is 5. The van der Waals surface area contributed by atoms with Gasteiger partial charge in [-0.15, -0.1) is 0 Å².